The third-order valence-corrected chi connectivity index (χ3v) is 6.80. The fourth-order valence-electron chi connectivity index (χ4n) is 3.25. The lowest BCUT2D eigenvalue weighted by molar-refractivity contribution is -0.121. The highest BCUT2D eigenvalue weighted by Crippen LogP contribution is 2.16. The molecule has 0 radical (unpaired) electrons. The minimum Gasteiger partial charge on any atom is -0.491 e. The van der Waals surface area contributed by atoms with Crippen molar-refractivity contribution in [1.82, 2.24) is 14.6 Å². The Morgan fingerprint density at radius 2 is 1.84 bits per heavy atom. The second-order valence-corrected chi connectivity index (χ2v) is 9.21. The Morgan fingerprint density at radius 3 is 2.55 bits per heavy atom. The van der Waals surface area contributed by atoms with Crippen LogP contribution in [0.2, 0.25) is 0 Å². The van der Waals surface area contributed by atoms with Crippen molar-refractivity contribution in [2.24, 2.45) is 0 Å². The summed E-state index contributed by atoms with van der Waals surface area (Å²) < 4.78 is 45.3. The van der Waals surface area contributed by atoms with Gasteiger partial charge in [0, 0.05) is 45.3 Å². The highest BCUT2D eigenvalue weighted by Gasteiger charge is 2.27. The van der Waals surface area contributed by atoms with E-state index in [1.807, 2.05) is 18.2 Å². The van der Waals surface area contributed by atoms with Crippen molar-refractivity contribution in [2.45, 2.75) is 12.8 Å². The van der Waals surface area contributed by atoms with Crippen LogP contribution in [0.3, 0.4) is 0 Å². The van der Waals surface area contributed by atoms with Crippen molar-refractivity contribution in [1.29, 1.82) is 0 Å². The summed E-state index contributed by atoms with van der Waals surface area (Å²) in [7, 11) is -3.45. The number of hydrogen-bond acceptors (Lipinski definition) is 6. The standard InChI is InChI=1S/C21H27FN4O4S/c22-18-6-1-2-7-19(18)30-16-5-9-21(27)24-11-17-31(28,29)26-14-12-25(13-15-26)20-8-3-4-10-23-20/h1-4,6-8,10H,5,9,11-17H2,(H,24,27). The highest BCUT2D eigenvalue weighted by molar-refractivity contribution is 7.89. The maximum absolute atomic E-state index is 13.4. The molecular weight excluding hydrogens is 423 g/mol. The van der Waals surface area contributed by atoms with Crippen LogP contribution in [-0.2, 0) is 14.8 Å². The van der Waals surface area contributed by atoms with Crippen LogP contribution in [0.25, 0.3) is 0 Å². The van der Waals surface area contributed by atoms with Crippen molar-refractivity contribution >= 4 is 21.7 Å². The molecule has 31 heavy (non-hydrogen) atoms. The molecule has 8 nitrogen and oxygen atoms in total. The molecule has 0 aliphatic carbocycles. The summed E-state index contributed by atoms with van der Waals surface area (Å²) in [6.07, 6.45) is 2.30. The Labute approximate surface area is 182 Å². The summed E-state index contributed by atoms with van der Waals surface area (Å²) in [6.45, 7) is 2.18. The second kappa shape index (κ2) is 11.1. The Bertz CT molecular complexity index is 951. The van der Waals surface area contributed by atoms with Crippen molar-refractivity contribution < 1.29 is 22.3 Å². The van der Waals surface area contributed by atoms with E-state index in [1.54, 1.807) is 18.3 Å². The van der Waals surface area contributed by atoms with Gasteiger partial charge < -0.3 is 15.0 Å². The molecule has 1 amide bonds. The van der Waals surface area contributed by atoms with E-state index < -0.39 is 15.8 Å². The molecule has 1 aliphatic heterocycles. The van der Waals surface area contributed by atoms with Crippen LogP contribution in [0.1, 0.15) is 12.8 Å². The zero-order valence-electron chi connectivity index (χ0n) is 17.2. The lowest BCUT2D eigenvalue weighted by atomic mass is 10.3. The first kappa shape index (κ1) is 23.0. The van der Waals surface area contributed by atoms with Crippen LogP contribution >= 0.6 is 0 Å². The van der Waals surface area contributed by atoms with Gasteiger partial charge in [0.05, 0.1) is 12.4 Å². The van der Waals surface area contributed by atoms with Crippen LogP contribution in [0.5, 0.6) is 5.75 Å². The number of carbonyl (C=O) groups excluding carboxylic acids is 1. The Kier molecular flexibility index (Phi) is 8.19. The van der Waals surface area contributed by atoms with Crippen molar-refractivity contribution in [2.75, 3.05) is 50.0 Å². The monoisotopic (exact) mass is 450 g/mol. The molecule has 2 heterocycles. The third-order valence-electron chi connectivity index (χ3n) is 4.93. The van der Waals surface area contributed by atoms with Gasteiger partial charge in [-0.2, -0.15) is 4.31 Å². The van der Waals surface area contributed by atoms with Gasteiger partial charge in [-0.1, -0.05) is 18.2 Å². The number of anilines is 1. The molecule has 3 rings (SSSR count). The van der Waals surface area contributed by atoms with Gasteiger partial charge in [0.2, 0.25) is 15.9 Å². The number of pyridine rings is 1. The van der Waals surface area contributed by atoms with Crippen LogP contribution in [0, 0.1) is 5.82 Å². The van der Waals surface area contributed by atoms with E-state index in [0.717, 1.165) is 5.82 Å². The normalized spacial score (nSPS) is 14.9. The van der Waals surface area contributed by atoms with E-state index in [9.17, 15) is 17.6 Å². The zero-order chi connectivity index (χ0) is 22.1. The van der Waals surface area contributed by atoms with Gasteiger partial charge in [-0.15, -0.1) is 0 Å². The predicted molar refractivity (Wildman–Crippen MR) is 116 cm³/mol. The minimum atomic E-state index is -3.45. The fourth-order valence-corrected chi connectivity index (χ4v) is 4.59. The number of hydrogen-bond donors (Lipinski definition) is 1. The number of benzene rings is 1. The van der Waals surface area contributed by atoms with E-state index in [-0.39, 0.29) is 37.0 Å². The number of amides is 1. The topological polar surface area (TPSA) is 91.8 Å². The first-order chi connectivity index (χ1) is 15.0. The molecule has 0 atom stereocenters. The summed E-state index contributed by atoms with van der Waals surface area (Å²) in [4.78, 5) is 18.3. The molecule has 0 bridgehead atoms. The highest BCUT2D eigenvalue weighted by atomic mass is 32.2. The van der Waals surface area contributed by atoms with E-state index in [0.29, 0.717) is 32.6 Å². The van der Waals surface area contributed by atoms with Gasteiger partial charge in [-0.25, -0.2) is 17.8 Å². The van der Waals surface area contributed by atoms with Gasteiger partial charge >= 0.3 is 0 Å². The molecule has 1 fully saturated rings. The Balaban J connectivity index is 1.32. The molecule has 1 N–H and O–H groups in total. The van der Waals surface area contributed by atoms with Gasteiger partial charge in [0.1, 0.15) is 5.82 Å². The maximum Gasteiger partial charge on any atom is 0.220 e. The minimum absolute atomic E-state index is 0.0514. The van der Waals surface area contributed by atoms with Crippen LogP contribution < -0.4 is 15.0 Å². The quantitative estimate of drug-likeness (QED) is 0.554. The number of nitrogens with one attached hydrogen (secondary N) is 1. The molecule has 0 spiro atoms. The van der Waals surface area contributed by atoms with Crippen LogP contribution in [0.4, 0.5) is 10.2 Å². The zero-order valence-corrected chi connectivity index (χ0v) is 18.1. The number of piperazine rings is 1. The lowest BCUT2D eigenvalue weighted by Crippen LogP contribution is -2.50. The Hall–Kier alpha value is -2.72. The van der Waals surface area contributed by atoms with Crippen molar-refractivity contribution in [3.8, 4) is 5.75 Å². The first-order valence-corrected chi connectivity index (χ1v) is 11.8. The maximum atomic E-state index is 13.4. The molecule has 1 aliphatic rings. The number of halogens is 1. The fraction of sp³-hybridized carbons (Fsp3) is 0.429. The smallest absolute Gasteiger partial charge is 0.220 e. The number of rotatable bonds is 10. The van der Waals surface area contributed by atoms with E-state index in [2.05, 4.69) is 15.2 Å². The average molecular weight is 451 g/mol. The second-order valence-electron chi connectivity index (χ2n) is 7.12. The van der Waals surface area contributed by atoms with E-state index >= 15 is 0 Å². The first-order valence-electron chi connectivity index (χ1n) is 10.2. The summed E-state index contributed by atoms with van der Waals surface area (Å²) >= 11 is 0. The average Bonchev–Trinajstić information content (AvgIpc) is 2.78. The summed E-state index contributed by atoms with van der Waals surface area (Å²) in [5.41, 5.74) is 0. The molecule has 2 aromatic rings. The van der Waals surface area contributed by atoms with Gasteiger partial charge in [-0.05, 0) is 30.7 Å². The van der Waals surface area contributed by atoms with E-state index in [4.69, 9.17) is 4.74 Å². The van der Waals surface area contributed by atoms with Gasteiger partial charge in [0.25, 0.3) is 0 Å². The molecule has 0 unspecified atom stereocenters. The van der Waals surface area contributed by atoms with Crippen molar-refractivity contribution in [3.63, 3.8) is 0 Å². The molecule has 0 saturated carbocycles. The predicted octanol–water partition coefficient (Wildman–Crippen LogP) is 1.65. The summed E-state index contributed by atoms with van der Waals surface area (Å²) in [5, 5.41) is 2.63. The van der Waals surface area contributed by atoms with Crippen LogP contribution in [0.15, 0.2) is 48.7 Å². The lowest BCUT2D eigenvalue weighted by Gasteiger charge is -2.34. The van der Waals surface area contributed by atoms with Crippen LogP contribution in [-0.4, -0.2) is 68.7 Å². The molecule has 10 heteroatoms. The molecule has 1 aromatic heterocycles. The van der Waals surface area contributed by atoms with E-state index in [1.165, 1.54) is 16.4 Å². The number of sulfonamides is 1. The summed E-state index contributed by atoms with van der Waals surface area (Å²) in [5.74, 6) is 0.141. The number of aromatic nitrogens is 1. The Morgan fingerprint density at radius 1 is 1.10 bits per heavy atom. The number of nitrogens with zero attached hydrogens (tertiary/aromatic N) is 3. The molecular formula is C21H27FN4O4S. The molecule has 1 saturated heterocycles. The van der Waals surface area contributed by atoms with Gasteiger partial charge in [-0.3, -0.25) is 4.79 Å². The number of para-hydroxylation sites is 1. The van der Waals surface area contributed by atoms with Crippen molar-refractivity contribution in [3.05, 3.63) is 54.5 Å². The number of carbonyl (C=O) groups is 1. The molecule has 168 valence electrons. The molecule has 1 aromatic carbocycles. The SMILES string of the molecule is O=C(CCCOc1ccccc1F)NCCS(=O)(=O)N1CCN(c2ccccn2)CC1. The third kappa shape index (κ3) is 6.90. The largest absolute Gasteiger partial charge is 0.491 e. The summed E-state index contributed by atoms with van der Waals surface area (Å²) in [6, 6.07) is 11.7. The van der Waals surface area contributed by atoms with Gasteiger partial charge in [0.15, 0.2) is 11.6 Å². The number of ether oxygens (including phenoxy) is 1.